The molecule has 0 bridgehead atoms. The Labute approximate surface area is 127 Å². The molecule has 3 rings (SSSR count). The first-order valence-electron chi connectivity index (χ1n) is 8.12. The Morgan fingerprint density at radius 3 is 2.85 bits per heavy atom. The second kappa shape index (κ2) is 6.11. The standard InChI is InChI=1S/C18H27NS/c1-18(2)11-5-6-14(9-12-18)19-16-10-13-20-17-8-4-3-7-15(16)17/h3-4,7-8,14,16,19H,5-6,9-13H2,1-2H3. The van der Waals surface area contributed by atoms with Crippen LogP contribution in [0.15, 0.2) is 29.2 Å². The predicted molar refractivity (Wildman–Crippen MR) is 88.3 cm³/mol. The molecule has 1 N–H and O–H groups in total. The van der Waals surface area contributed by atoms with Crippen molar-refractivity contribution >= 4 is 11.8 Å². The summed E-state index contributed by atoms with van der Waals surface area (Å²) in [6, 6.07) is 10.3. The van der Waals surface area contributed by atoms with Crippen LogP contribution >= 0.6 is 11.8 Å². The highest BCUT2D eigenvalue weighted by Gasteiger charge is 2.27. The van der Waals surface area contributed by atoms with Gasteiger partial charge in [0.25, 0.3) is 0 Å². The molecule has 0 radical (unpaired) electrons. The lowest BCUT2D eigenvalue weighted by Gasteiger charge is -2.30. The van der Waals surface area contributed by atoms with Crippen molar-refractivity contribution in [1.82, 2.24) is 5.32 Å². The van der Waals surface area contributed by atoms with Gasteiger partial charge in [-0.15, -0.1) is 11.8 Å². The molecule has 2 unspecified atom stereocenters. The highest BCUT2D eigenvalue weighted by Crippen LogP contribution is 2.38. The lowest BCUT2D eigenvalue weighted by molar-refractivity contribution is 0.306. The number of rotatable bonds is 2. The van der Waals surface area contributed by atoms with Crippen LogP contribution in [0, 0.1) is 5.41 Å². The average molecular weight is 289 g/mol. The Bertz CT molecular complexity index is 454. The zero-order valence-electron chi connectivity index (χ0n) is 12.8. The van der Waals surface area contributed by atoms with E-state index in [2.05, 4.69) is 43.4 Å². The summed E-state index contributed by atoms with van der Waals surface area (Å²) in [5.41, 5.74) is 2.09. The summed E-state index contributed by atoms with van der Waals surface area (Å²) in [5.74, 6) is 1.26. The van der Waals surface area contributed by atoms with E-state index in [1.54, 1.807) is 0 Å². The van der Waals surface area contributed by atoms with Gasteiger partial charge < -0.3 is 5.32 Å². The zero-order chi connectivity index (χ0) is 14.0. The minimum Gasteiger partial charge on any atom is -0.307 e. The van der Waals surface area contributed by atoms with E-state index in [0.29, 0.717) is 11.5 Å². The van der Waals surface area contributed by atoms with Crippen molar-refractivity contribution in [2.75, 3.05) is 5.75 Å². The quantitative estimate of drug-likeness (QED) is 0.754. The molecular weight excluding hydrogens is 262 g/mol. The van der Waals surface area contributed by atoms with Gasteiger partial charge in [-0.3, -0.25) is 0 Å². The average Bonchev–Trinajstić information content (AvgIpc) is 2.61. The third kappa shape index (κ3) is 3.40. The number of thioether (sulfide) groups is 1. The van der Waals surface area contributed by atoms with Crippen LogP contribution < -0.4 is 5.32 Å². The number of hydrogen-bond acceptors (Lipinski definition) is 2. The van der Waals surface area contributed by atoms with E-state index in [9.17, 15) is 0 Å². The van der Waals surface area contributed by atoms with Crippen LogP contribution in [0.4, 0.5) is 0 Å². The van der Waals surface area contributed by atoms with Crippen molar-refractivity contribution in [3.05, 3.63) is 29.8 Å². The van der Waals surface area contributed by atoms with Gasteiger partial charge in [0, 0.05) is 17.0 Å². The maximum atomic E-state index is 3.98. The molecule has 1 aliphatic heterocycles. The number of fused-ring (bicyclic) bond motifs is 1. The first-order valence-corrected chi connectivity index (χ1v) is 9.10. The van der Waals surface area contributed by atoms with Gasteiger partial charge in [-0.1, -0.05) is 38.5 Å². The van der Waals surface area contributed by atoms with E-state index >= 15 is 0 Å². The van der Waals surface area contributed by atoms with Crippen molar-refractivity contribution in [3.8, 4) is 0 Å². The molecule has 2 atom stereocenters. The van der Waals surface area contributed by atoms with E-state index < -0.39 is 0 Å². The van der Waals surface area contributed by atoms with Crippen LogP contribution in [-0.4, -0.2) is 11.8 Å². The topological polar surface area (TPSA) is 12.0 Å². The highest BCUT2D eigenvalue weighted by atomic mass is 32.2. The summed E-state index contributed by atoms with van der Waals surface area (Å²) in [5, 5.41) is 3.98. The van der Waals surface area contributed by atoms with Crippen molar-refractivity contribution in [2.45, 2.75) is 69.4 Å². The minimum absolute atomic E-state index is 0.552. The van der Waals surface area contributed by atoms with Gasteiger partial charge in [0.1, 0.15) is 0 Å². The SMILES string of the molecule is CC1(C)CCCC(NC2CCSc3ccccc32)CC1. The van der Waals surface area contributed by atoms with Gasteiger partial charge in [0.2, 0.25) is 0 Å². The summed E-state index contributed by atoms with van der Waals surface area (Å²) in [6.45, 7) is 4.86. The molecule has 1 aliphatic carbocycles. The summed E-state index contributed by atoms with van der Waals surface area (Å²) in [4.78, 5) is 1.49. The Morgan fingerprint density at radius 2 is 1.95 bits per heavy atom. The summed E-state index contributed by atoms with van der Waals surface area (Å²) in [7, 11) is 0. The summed E-state index contributed by atoms with van der Waals surface area (Å²) in [6.07, 6.45) is 8.12. The van der Waals surface area contributed by atoms with Gasteiger partial charge in [0.05, 0.1) is 0 Å². The van der Waals surface area contributed by atoms with Crippen LogP contribution in [0.3, 0.4) is 0 Å². The summed E-state index contributed by atoms with van der Waals surface area (Å²) < 4.78 is 0. The highest BCUT2D eigenvalue weighted by molar-refractivity contribution is 7.99. The van der Waals surface area contributed by atoms with Crippen LogP contribution in [0.2, 0.25) is 0 Å². The first-order chi connectivity index (χ1) is 9.64. The summed E-state index contributed by atoms with van der Waals surface area (Å²) >= 11 is 2.02. The Kier molecular flexibility index (Phi) is 4.42. The lowest BCUT2D eigenvalue weighted by Crippen LogP contribution is -2.34. The van der Waals surface area contributed by atoms with Gasteiger partial charge in [-0.2, -0.15) is 0 Å². The van der Waals surface area contributed by atoms with E-state index in [1.165, 1.54) is 54.7 Å². The second-order valence-electron chi connectivity index (χ2n) is 7.19. The normalized spacial score (nSPS) is 29.5. The maximum Gasteiger partial charge on any atom is 0.0341 e. The number of benzene rings is 1. The third-order valence-corrected chi connectivity index (χ3v) is 6.09. The zero-order valence-corrected chi connectivity index (χ0v) is 13.6. The van der Waals surface area contributed by atoms with Crippen molar-refractivity contribution in [2.24, 2.45) is 5.41 Å². The van der Waals surface area contributed by atoms with Crippen LogP contribution in [0.5, 0.6) is 0 Å². The smallest absolute Gasteiger partial charge is 0.0341 e. The molecule has 0 saturated heterocycles. The molecule has 2 aliphatic rings. The lowest BCUT2D eigenvalue weighted by atomic mass is 9.85. The van der Waals surface area contributed by atoms with Gasteiger partial charge in [-0.25, -0.2) is 0 Å². The van der Waals surface area contributed by atoms with Crippen LogP contribution in [0.25, 0.3) is 0 Å². The number of hydrogen-bond donors (Lipinski definition) is 1. The molecule has 20 heavy (non-hydrogen) atoms. The molecule has 1 aromatic rings. The van der Waals surface area contributed by atoms with Crippen LogP contribution in [-0.2, 0) is 0 Å². The monoisotopic (exact) mass is 289 g/mol. The molecule has 1 fully saturated rings. The second-order valence-corrected chi connectivity index (χ2v) is 8.32. The molecule has 1 aromatic carbocycles. The maximum absolute atomic E-state index is 3.98. The molecule has 2 heteroatoms. The molecule has 0 amide bonds. The van der Waals surface area contributed by atoms with E-state index in [1.807, 2.05) is 11.8 Å². The Hall–Kier alpha value is -0.470. The van der Waals surface area contributed by atoms with Crippen LogP contribution in [0.1, 0.15) is 64.0 Å². The Balaban J connectivity index is 1.67. The fourth-order valence-electron chi connectivity index (χ4n) is 3.63. The van der Waals surface area contributed by atoms with E-state index in [-0.39, 0.29) is 0 Å². The van der Waals surface area contributed by atoms with Gasteiger partial charge >= 0.3 is 0 Å². The van der Waals surface area contributed by atoms with Crippen molar-refractivity contribution in [3.63, 3.8) is 0 Å². The van der Waals surface area contributed by atoms with E-state index in [4.69, 9.17) is 0 Å². The van der Waals surface area contributed by atoms with Gasteiger partial charge in [-0.05, 0) is 54.9 Å². The fraction of sp³-hybridized carbons (Fsp3) is 0.667. The molecule has 1 nitrogen and oxygen atoms in total. The molecule has 0 spiro atoms. The molecule has 0 aromatic heterocycles. The predicted octanol–water partition coefficient (Wildman–Crippen LogP) is 5.17. The van der Waals surface area contributed by atoms with E-state index in [0.717, 1.165) is 6.04 Å². The molecule has 1 saturated carbocycles. The first kappa shape index (κ1) is 14.5. The molecular formula is C18H27NS. The molecule has 1 heterocycles. The minimum atomic E-state index is 0.552. The van der Waals surface area contributed by atoms with Crippen molar-refractivity contribution in [1.29, 1.82) is 0 Å². The fourth-order valence-corrected chi connectivity index (χ4v) is 4.75. The number of nitrogens with one attached hydrogen (secondary N) is 1. The molecule has 110 valence electrons. The largest absolute Gasteiger partial charge is 0.307 e. The van der Waals surface area contributed by atoms with Gasteiger partial charge in [0.15, 0.2) is 0 Å². The van der Waals surface area contributed by atoms with Crippen molar-refractivity contribution < 1.29 is 0 Å². The Morgan fingerprint density at radius 1 is 1.10 bits per heavy atom. The third-order valence-electron chi connectivity index (χ3n) is 4.97.